The predicted octanol–water partition coefficient (Wildman–Crippen LogP) is 4.26. The Kier molecular flexibility index (Phi) is 5.00. The van der Waals surface area contributed by atoms with Gasteiger partial charge in [-0.2, -0.15) is 13.2 Å². The summed E-state index contributed by atoms with van der Waals surface area (Å²) in [6.07, 6.45) is -2.53. The van der Waals surface area contributed by atoms with Gasteiger partial charge in [-0.15, -0.1) is 0 Å². The first kappa shape index (κ1) is 18.7. The number of rotatable bonds is 4. The molecule has 0 bridgehead atoms. The van der Waals surface area contributed by atoms with E-state index in [9.17, 15) is 22.8 Å². The zero-order valence-corrected chi connectivity index (χ0v) is 14.3. The van der Waals surface area contributed by atoms with E-state index in [2.05, 4.69) is 4.98 Å². The average molecular weight is 394 g/mol. The van der Waals surface area contributed by atoms with E-state index >= 15 is 0 Å². The van der Waals surface area contributed by atoms with Crippen molar-refractivity contribution in [3.05, 3.63) is 77.1 Å². The largest absolute Gasteiger partial charge is 0.471 e. The lowest BCUT2D eigenvalue weighted by Gasteiger charge is -2.14. The highest BCUT2D eigenvalue weighted by Crippen LogP contribution is 2.26. The number of nitrogens with one attached hydrogen (secondary N) is 1. The number of carbonyl (C=O) groups is 2. The fourth-order valence-corrected chi connectivity index (χ4v) is 2.58. The zero-order valence-electron chi connectivity index (χ0n) is 13.5. The molecule has 0 aliphatic heterocycles. The minimum atomic E-state index is -5.07. The maximum Gasteiger partial charge on any atom is 0.471 e. The molecule has 0 aliphatic rings. The predicted molar refractivity (Wildman–Crippen MR) is 93.1 cm³/mol. The second-order valence-electron chi connectivity index (χ2n) is 5.43. The Hall–Kier alpha value is -3.13. The number of carbonyl (C=O) groups excluding carboxylic acids is 2. The molecule has 9 heteroatoms. The van der Waals surface area contributed by atoms with Crippen molar-refractivity contribution < 1.29 is 22.8 Å². The number of hydrogen-bond donors (Lipinski definition) is 1. The molecule has 0 unspecified atom stereocenters. The number of anilines is 1. The lowest BCUT2D eigenvalue weighted by Crippen LogP contribution is -2.31. The van der Waals surface area contributed by atoms with E-state index in [1.54, 1.807) is 35.6 Å². The van der Waals surface area contributed by atoms with Gasteiger partial charge in [0.2, 0.25) is 5.95 Å². The lowest BCUT2D eigenvalue weighted by molar-refractivity contribution is -0.167. The first-order valence-corrected chi connectivity index (χ1v) is 7.96. The van der Waals surface area contributed by atoms with Crippen molar-refractivity contribution >= 4 is 29.2 Å². The van der Waals surface area contributed by atoms with Gasteiger partial charge < -0.3 is 0 Å². The fraction of sp³-hybridized carbons (Fsp3) is 0.0556. The van der Waals surface area contributed by atoms with Crippen LogP contribution >= 0.6 is 11.6 Å². The Labute approximate surface area is 156 Å². The Bertz CT molecular complexity index is 1000. The Morgan fingerprint density at radius 3 is 2.44 bits per heavy atom. The highest BCUT2D eigenvalue weighted by Gasteiger charge is 2.39. The molecule has 1 heterocycles. The van der Waals surface area contributed by atoms with Crippen LogP contribution in [0.25, 0.3) is 5.69 Å². The maximum absolute atomic E-state index is 12.8. The Morgan fingerprint density at radius 1 is 1.07 bits per heavy atom. The van der Waals surface area contributed by atoms with Gasteiger partial charge in [0.25, 0.3) is 0 Å². The highest BCUT2D eigenvalue weighted by molar-refractivity contribution is 6.31. The van der Waals surface area contributed by atoms with Gasteiger partial charge in [0.05, 0.1) is 5.69 Å². The highest BCUT2D eigenvalue weighted by atomic mass is 35.5. The number of alkyl halides is 3. The second-order valence-corrected chi connectivity index (χ2v) is 5.87. The molecule has 0 saturated carbocycles. The van der Waals surface area contributed by atoms with Crippen molar-refractivity contribution in [3.8, 4) is 5.69 Å². The molecular formula is C18H11ClF3N3O2. The lowest BCUT2D eigenvalue weighted by atomic mass is 10.0. The summed E-state index contributed by atoms with van der Waals surface area (Å²) in [7, 11) is 0. The standard InChI is InChI=1S/C18H11ClF3N3O2/c19-12-6-7-14(13(10-12)15(26)11-4-2-1-3-5-11)25-9-8-23-17(25)24-16(27)18(20,21)22/h1-10H,(H,23,24,27). The van der Waals surface area contributed by atoms with E-state index in [-0.39, 0.29) is 28.0 Å². The Balaban J connectivity index is 2.06. The number of benzene rings is 2. The Morgan fingerprint density at radius 2 is 1.78 bits per heavy atom. The normalized spacial score (nSPS) is 11.3. The van der Waals surface area contributed by atoms with Crippen molar-refractivity contribution in [2.45, 2.75) is 6.18 Å². The number of amides is 1. The number of aromatic nitrogens is 2. The van der Waals surface area contributed by atoms with Gasteiger partial charge in [0.1, 0.15) is 0 Å². The molecule has 2 aromatic carbocycles. The van der Waals surface area contributed by atoms with E-state index in [0.717, 1.165) is 0 Å². The third-order valence-corrected chi connectivity index (χ3v) is 3.86. The van der Waals surface area contributed by atoms with Crippen LogP contribution < -0.4 is 5.32 Å². The van der Waals surface area contributed by atoms with Crippen molar-refractivity contribution in [1.82, 2.24) is 9.55 Å². The van der Waals surface area contributed by atoms with Crippen molar-refractivity contribution in [1.29, 1.82) is 0 Å². The summed E-state index contributed by atoms with van der Waals surface area (Å²) >= 11 is 6.00. The molecular weight excluding hydrogens is 383 g/mol. The quantitative estimate of drug-likeness (QED) is 0.674. The second kappa shape index (κ2) is 7.24. The summed E-state index contributed by atoms with van der Waals surface area (Å²) in [5, 5.41) is 1.97. The minimum Gasteiger partial charge on any atom is -0.289 e. The van der Waals surface area contributed by atoms with Crippen LogP contribution in [0.15, 0.2) is 60.9 Å². The number of ketones is 1. The summed E-state index contributed by atoms with van der Waals surface area (Å²) in [4.78, 5) is 27.8. The van der Waals surface area contributed by atoms with Crippen LogP contribution in [0.4, 0.5) is 19.1 Å². The third kappa shape index (κ3) is 4.01. The van der Waals surface area contributed by atoms with Crippen LogP contribution in [0.1, 0.15) is 15.9 Å². The van der Waals surface area contributed by atoms with Gasteiger partial charge in [0.15, 0.2) is 5.78 Å². The van der Waals surface area contributed by atoms with Gasteiger partial charge in [0, 0.05) is 28.5 Å². The van der Waals surface area contributed by atoms with Crippen molar-refractivity contribution in [2.75, 3.05) is 5.32 Å². The third-order valence-electron chi connectivity index (χ3n) is 3.62. The summed E-state index contributed by atoms with van der Waals surface area (Å²) in [5.41, 5.74) is 0.749. The summed E-state index contributed by atoms with van der Waals surface area (Å²) in [6.45, 7) is 0. The molecule has 1 aromatic heterocycles. The molecule has 1 amide bonds. The van der Waals surface area contributed by atoms with E-state index in [1.807, 2.05) is 0 Å². The zero-order chi connectivity index (χ0) is 19.6. The smallest absolute Gasteiger partial charge is 0.289 e. The number of hydrogen-bond acceptors (Lipinski definition) is 3. The van der Waals surface area contributed by atoms with Crippen LogP contribution in [-0.4, -0.2) is 27.4 Å². The average Bonchev–Trinajstić information content (AvgIpc) is 3.09. The molecule has 138 valence electrons. The molecule has 27 heavy (non-hydrogen) atoms. The molecule has 1 N–H and O–H groups in total. The van der Waals surface area contributed by atoms with Crippen LogP contribution in [0.3, 0.4) is 0 Å². The van der Waals surface area contributed by atoms with Crippen LogP contribution in [0, 0.1) is 0 Å². The monoisotopic (exact) mass is 393 g/mol. The van der Waals surface area contributed by atoms with Gasteiger partial charge in [-0.3, -0.25) is 19.5 Å². The van der Waals surface area contributed by atoms with Gasteiger partial charge in [-0.1, -0.05) is 41.9 Å². The summed E-state index contributed by atoms with van der Waals surface area (Å²) < 4.78 is 38.8. The molecule has 0 radical (unpaired) electrons. The molecule has 0 aliphatic carbocycles. The molecule has 3 aromatic rings. The molecule has 0 spiro atoms. The van der Waals surface area contributed by atoms with Gasteiger partial charge in [-0.05, 0) is 18.2 Å². The first-order valence-electron chi connectivity index (χ1n) is 7.58. The van der Waals surface area contributed by atoms with Crippen LogP contribution in [0.5, 0.6) is 0 Å². The van der Waals surface area contributed by atoms with E-state index < -0.39 is 12.1 Å². The number of halogens is 4. The van der Waals surface area contributed by atoms with Crippen molar-refractivity contribution in [3.63, 3.8) is 0 Å². The van der Waals surface area contributed by atoms with Crippen LogP contribution in [-0.2, 0) is 4.79 Å². The summed E-state index contributed by atoms with van der Waals surface area (Å²) in [6, 6.07) is 12.7. The minimum absolute atomic E-state index is 0.147. The molecule has 0 fully saturated rings. The molecule has 0 atom stereocenters. The molecule has 0 saturated heterocycles. The first-order chi connectivity index (χ1) is 12.8. The van der Waals surface area contributed by atoms with Crippen LogP contribution in [0.2, 0.25) is 5.02 Å². The fourth-order valence-electron chi connectivity index (χ4n) is 2.41. The molecule has 3 rings (SSSR count). The van der Waals surface area contributed by atoms with Gasteiger partial charge >= 0.3 is 12.1 Å². The van der Waals surface area contributed by atoms with E-state index in [4.69, 9.17) is 11.6 Å². The summed E-state index contributed by atoms with van der Waals surface area (Å²) in [5.74, 6) is -2.92. The van der Waals surface area contributed by atoms with Crippen molar-refractivity contribution in [2.24, 2.45) is 0 Å². The molecule has 5 nitrogen and oxygen atoms in total. The van der Waals surface area contributed by atoms with E-state index in [0.29, 0.717) is 5.56 Å². The SMILES string of the molecule is O=C(c1ccccc1)c1cc(Cl)ccc1-n1ccnc1NC(=O)C(F)(F)F. The number of nitrogens with zero attached hydrogens (tertiary/aromatic N) is 2. The van der Waals surface area contributed by atoms with E-state index in [1.165, 1.54) is 35.2 Å². The van der Waals surface area contributed by atoms with Gasteiger partial charge in [-0.25, -0.2) is 4.98 Å². The number of imidazole rings is 1. The maximum atomic E-state index is 12.8. The topological polar surface area (TPSA) is 64.0 Å².